The molecule has 0 aromatic carbocycles. The highest BCUT2D eigenvalue weighted by Crippen LogP contribution is 1.91. The highest BCUT2D eigenvalue weighted by atomic mass is 16.7. The van der Waals surface area contributed by atoms with Crippen LogP contribution in [0.1, 0.15) is 27.7 Å². The Morgan fingerprint density at radius 3 is 1.50 bits per heavy atom. The molecule has 0 aliphatic rings. The average Bonchev–Trinajstić information content (AvgIpc) is 2.41. The first-order chi connectivity index (χ1) is 9.70. The van der Waals surface area contributed by atoms with Crippen LogP contribution in [0.25, 0.3) is 0 Å². The van der Waals surface area contributed by atoms with Gasteiger partial charge in [-0.1, -0.05) is 23.7 Å². The summed E-state index contributed by atoms with van der Waals surface area (Å²) in [6, 6.07) is 0. The van der Waals surface area contributed by atoms with E-state index in [4.69, 9.17) is 18.9 Å². The molecule has 20 heavy (non-hydrogen) atoms. The quantitative estimate of drug-likeness (QED) is 0.505. The van der Waals surface area contributed by atoms with Crippen LogP contribution in [0.15, 0.2) is 12.2 Å². The first-order valence-corrected chi connectivity index (χ1v) is 6.78. The van der Waals surface area contributed by atoms with Gasteiger partial charge in [-0.25, -0.2) is 0 Å². The van der Waals surface area contributed by atoms with Crippen molar-refractivity contribution < 1.29 is 18.9 Å². The SMILES string of the molecule is CCOC(C)OCC#C/C=C\C#CCOC(C)OCC. The maximum absolute atomic E-state index is 5.28. The van der Waals surface area contributed by atoms with Gasteiger partial charge in [0, 0.05) is 13.2 Å². The molecule has 0 aromatic heterocycles. The Bertz CT molecular complexity index is 331. The summed E-state index contributed by atoms with van der Waals surface area (Å²) in [5.74, 6) is 11.3. The van der Waals surface area contributed by atoms with Crippen molar-refractivity contribution in [3.63, 3.8) is 0 Å². The summed E-state index contributed by atoms with van der Waals surface area (Å²) < 4.78 is 20.9. The molecule has 0 aromatic rings. The Morgan fingerprint density at radius 1 is 0.750 bits per heavy atom. The van der Waals surface area contributed by atoms with Crippen LogP contribution in [0, 0.1) is 23.7 Å². The number of hydrogen-bond acceptors (Lipinski definition) is 4. The fourth-order valence-corrected chi connectivity index (χ4v) is 1.17. The van der Waals surface area contributed by atoms with Crippen molar-refractivity contribution in [1.29, 1.82) is 0 Å². The predicted molar refractivity (Wildman–Crippen MR) is 78.8 cm³/mol. The molecule has 4 heteroatoms. The zero-order chi connectivity index (χ0) is 15.1. The van der Waals surface area contributed by atoms with Gasteiger partial charge in [-0.3, -0.25) is 0 Å². The van der Waals surface area contributed by atoms with Gasteiger partial charge >= 0.3 is 0 Å². The van der Waals surface area contributed by atoms with Crippen molar-refractivity contribution in [2.45, 2.75) is 40.3 Å². The van der Waals surface area contributed by atoms with Gasteiger partial charge in [-0.05, 0) is 39.8 Å². The van der Waals surface area contributed by atoms with Gasteiger partial charge in [0.25, 0.3) is 0 Å². The van der Waals surface area contributed by atoms with Crippen LogP contribution in [-0.2, 0) is 18.9 Å². The first kappa shape index (κ1) is 18.7. The second-order valence-electron chi connectivity index (χ2n) is 3.64. The minimum Gasteiger partial charge on any atom is -0.353 e. The van der Waals surface area contributed by atoms with Crippen molar-refractivity contribution in [1.82, 2.24) is 0 Å². The molecule has 0 radical (unpaired) electrons. The summed E-state index contributed by atoms with van der Waals surface area (Å²) in [5, 5.41) is 0. The molecule has 0 heterocycles. The van der Waals surface area contributed by atoms with Gasteiger partial charge in [0.05, 0.1) is 0 Å². The van der Waals surface area contributed by atoms with Gasteiger partial charge in [0.15, 0.2) is 12.6 Å². The number of allylic oxidation sites excluding steroid dienone is 2. The van der Waals surface area contributed by atoms with E-state index in [0.717, 1.165) is 0 Å². The lowest BCUT2D eigenvalue weighted by molar-refractivity contribution is -0.117. The third-order valence-corrected chi connectivity index (χ3v) is 2.04. The van der Waals surface area contributed by atoms with E-state index in [-0.39, 0.29) is 12.6 Å². The van der Waals surface area contributed by atoms with Crippen LogP contribution in [0.4, 0.5) is 0 Å². The molecule has 0 rings (SSSR count). The largest absolute Gasteiger partial charge is 0.353 e. The Balaban J connectivity index is 3.66. The van der Waals surface area contributed by atoms with Gasteiger partial charge in [0.1, 0.15) is 13.2 Å². The predicted octanol–water partition coefficient (Wildman–Crippen LogP) is 2.35. The summed E-state index contributed by atoms with van der Waals surface area (Å²) in [4.78, 5) is 0. The Morgan fingerprint density at radius 2 is 1.15 bits per heavy atom. The van der Waals surface area contributed by atoms with Gasteiger partial charge in [-0.2, -0.15) is 0 Å². The maximum atomic E-state index is 5.28. The highest BCUT2D eigenvalue weighted by Gasteiger charge is 1.97. The summed E-state index contributed by atoms with van der Waals surface area (Å²) in [7, 11) is 0. The molecule has 0 fully saturated rings. The lowest BCUT2D eigenvalue weighted by atomic mass is 10.4. The van der Waals surface area contributed by atoms with Crippen molar-refractivity contribution in [3.05, 3.63) is 12.2 Å². The Kier molecular flexibility index (Phi) is 13.2. The van der Waals surface area contributed by atoms with Crippen LogP contribution < -0.4 is 0 Å². The monoisotopic (exact) mass is 280 g/mol. The third-order valence-electron chi connectivity index (χ3n) is 2.04. The first-order valence-electron chi connectivity index (χ1n) is 6.78. The van der Waals surface area contributed by atoms with E-state index in [1.54, 1.807) is 12.2 Å². The molecule has 2 unspecified atom stereocenters. The van der Waals surface area contributed by atoms with Gasteiger partial charge in [0.2, 0.25) is 0 Å². The van der Waals surface area contributed by atoms with E-state index in [2.05, 4.69) is 23.7 Å². The standard InChI is InChI=1S/C16H24O4/c1-5-17-15(3)19-13-11-9-7-8-10-12-14-20-16(4)18-6-2/h7-8,15-16H,5-6,13-14H2,1-4H3/b8-7-. The van der Waals surface area contributed by atoms with E-state index in [1.165, 1.54) is 0 Å². The highest BCUT2D eigenvalue weighted by molar-refractivity contribution is 5.24. The Hall–Kier alpha value is -1.30. The topological polar surface area (TPSA) is 36.9 Å². The maximum Gasteiger partial charge on any atom is 0.156 e. The normalized spacial score (nSPS) is 13.2. The van der Waals surface area contributed by atoms with E-state index in [9.17, 15) is 0 Å². The van der Waals surface area contributed by atoms with Crippen molar-refractivity contribution in [3.8, 4) is 23.7 Å². The third kappa shape index (κ3) is 13.1. The number of hydrogen-bond donors (Lipinski definition) is 0. The molecule has 0 aliphatic carbocycles. The second kappa shape index (κ2) is 14.1. The molecule has 0 spiro atoms. The lowest BCUT2D eigenvalue weighted by Crippen LogP contribution is -2.12. The van der Waals surface area contributed by atoms with Crippen LogP contribution in [0.2, 0.25) is 0 Å². The van der Waals surface area contributed by atoms with Gasteiger partial charge < -0.3 is 18.9 Å². The van der Waals surface area contributed by atoms with E-state index >= 15 is 0 Å². The molecule has 0 N–H and O–H groups in total. The summed E-state index contributed by atoms with van der Waals surface area (Å²) in [6.07, 6.45) is 2.91. The fourth-order valence-electron chi connectivity index (χ4n) is 1.17. The zero-order valence-corrected chi connectivity index (χ0v) is 12.8. The smallest absolute Gasteiger partial charge is 0.156 e. The summed E-state index contributed by atoms with van der Waals surface area (Å²) >= 11 is 0. The molecule has 0 amide bonds. The van der Waals surface area contributed by atoms with Crippen LogP contribution in [0.3, 0.4) is 0 Å². The molecule has 2 atom stereocenters. The lowest BCUT2D eigenvalue weighted by Gasteiger charge is -2.09. The molecule has 0 aliphatic heterocycles. The van der Waals surface area contributed by atoms with Crippen molar-refractivity contribution in [2.75, 3.05) is 26.4 Å². The molecule has 4 nitrogen and oxygen atoms in total. The van der Waals surface area contributed by atoms with E-state index in [1.807, 2.05) is 27.7 Å². The van der Waals surface area contributed by atoms with Crippen LogP contribution >= 0.6 is 0 Å². The van der Waals surface area contributed by atoms with Gasteiger partial charge in [-0.15, -0.1) is 0 Å². The van der Waals surface area contributed by atoms with Crippen LogP contribution in [-0.4, -0.2) is 39.0 Å². The van der Waals surface area contributed by atoms with Crippen molar-refractivity contribution >= 4 is 0 Å². The summed E-state index contributed by atoms with van der Waals surface area (Å²) in [6.45, 7) is 9.48. The minimum atomic E-state index is -0.220. The molecule has 0 bridgehead atoms. The number of ether oxygens (including phenoxy) is 4. The Labute approximate surface area is 122 Å². The van der Waals surface area contributed by atoms with E-state index in [0.29, 0.717) is 26.4 Å². The van der Waals surface area contributed by atoms with Crippen molar-refractivity contribution in [2.24, 2.45) is 0 Å². The minimum absolute atomic E-state index is 0.220. The van der Waals surface area contributed by atoms with E-state index < -0.39 is 0 Å². The number of rotatable bonds is 8. The zero-order valence-electron chi connectivity index (χ0n) is 12.8. The average molecular weight is 280 g/mol. The molecule has 112 valence electrons. The molecule has 0 saturated heterocycles. The fraction of sp³-hybridized carbons (Fsp3) is 0.625. The summed E-state index contributed by atoms with van der Waals surface area (Å²) in [5.41, 5.74) is 0. The molecule has 0 saturated carbocycles. The molecular weight excluding hydrogens is 256 g/mol. The molecular formula is C16H24O4. The second-order valence-corrected chi connectivity index (χ2v) is 3.64. The van der Waals surface area contributed by atoms with Crippen LogP contribution in [0.5, 0.6) is 0 Å².